The number of halogens is 4. The van der Waals surface area contributed by atoms with E-state index in [9.17, 15) is 22.4 Å². The third kappa shape index (κ3) is 3.92. The Morgan fingerprint density at radius 1 is 1.08 bits per heavy atom. The Kier molecular flexibility index (Phi) is 4.92. The first-order valence-corrected chi connectivity index (χ1v) is 6.75. The Bertz CT molecular complexity index is 798. The summed E-state index contributed by atoms with van der Waals surface area (Å²) in [4.78, 5) is 11.2. The highest BCUT2D eigenvalue weighted by molar-refractivity contribution is 5.94. The van der Waals surface area contributed by atoms with E-state index in [-0.39, 0.29) is 11.1 Å². The van der Waals surface area contributed by atoms with E-state index in [1.165, 1.54) is 37.5 Å². The average molecular weight is 339 g/mol. The minimum absolute atomic E-state index is 0.0328. The molecule has 2 rings (SSSR count). The van der Waals surface area contributed by atoms with Crippen LogP contribution in [0, 0.1) is 5.82 Å². The molecule has 0 aliphatic rings. The smallest absolute Gasteiger partial charge is 0.416 e. The van der Waals surface area contributed by atoms with E-state index in [0.29, 0.717) is 17.4 Å². The van der Waals surface area contributed by atoms with Gasteiger partial charge in [0.2, 0.25) is 5.91 Å². The molecule has 0 atom stereocenters. The molecule has 0 bridgehead atoms. The predicted molar refractivity (Wildman–Crippen MR) is 81.8 cm³/mol. The quantitative estimate of drug-likeness (QED) is 0.673. The third-order valence-corrected chi connectivity index (χ3v) is 3.28. The molecule has 2 N–H and O–H groups in total. The molecule has 0 heterocycles. The first-order valence-electron chi connectivity index (χ1n) is 6.75. The van der Waals surface area contributed by atoms with Gasteiger partial charge in [-0.3, -0.25) is 4.79 Å². The normalized spacial score (nSPS) is 11.7. The summed E-state index contributed by atoms with van der Waals surface area (Å²) in [6.45, 7) is 0. The fourth-order valence-electron chi connectivity index (χ4n) is 2.04. The van der Waals surface area contributed by atoms with Crippen molar-refractivity contribution in [3.05, 3.63) is 64.5 Å². The van der Waals surface area contributed by atoms with Crippen LogP contribution in [-0.2, 0) is 6.18 Å². The highest BCUT2D eigenvalue weighted by Crippen LogP contribution is 2.31. The van der Waals surface area contributed by atoms with Crippen LogP contribution in [0.2, 0.25) is 0 Å². The number of carbonyl (C=O) groups is 1. The van der Waals surface area contributed by atoms with Gasteiger partial charge < -0.3 is 10.5 Å². The lowest BCUT2D eigenvalue weighted by atomic mass is 10.1. The van der Waals surface area contributed by atoms with Crippen LogP contribution < -0.4 is 10.5 Å². The van der Waals surface area contributed by atoms with Crippen molar-refractivity contribution in [1.29, 1.82) is 0 Å². The Labute approximate surface area is 135 Å². The number of rotatable bonds is 4. The highest BCUT2D eigenvalue weighted by Gasteiger charge is 2.30. The van der Waals surface area contributed by atoms with Crippen LogP contribution in [0.1, 0.15) is 27.0 Å². The molecule has 24 heavy (non-hydrogen) atoms. The summed E-state index contributed by atoms with van der Waals surface area (Å²) in [5.41, 5.74) is 4.76. The van der Waals surface area contributed by atoms with Crippen molar-refractivity contribution in [2.75, 3.05) is 7.11 Å². The summed E-state index contributed by atoms with van der Waals surface area (Å²) < 4.78 is 56.5. The van der Waals surface area contributed by atoms with Crippen LogP contribution in [0.3, 0.4) is 0 Å². The second-order valence-corrected chi connectivity index (χ2v) is 4.89. The van der Waals surface area contributed by atoms with E-state index in [1.54, 1.807) is 0 Å². The fourth-order valence-corrected chi connectivity index (χ4v) is 2.04. The molecule has 0 unspecified atom stereocenters. The third-order valence-electron chi connectivity index (χ3n) is 3.28. The molecule has 2 aromatic rings. The van der Waals surface area contributed by atoms with Crippen LogP contribution in [0.25, 0.3) is 12.2 Å². The van der Waals surface area contributed by atoms with Gasteiger partial charge in [-0.05, 0) is 30.3 Å². The van der Waals surface area contributed by atoms with Crippen LogP contribution in [-0.4, -0.2) is 13.0 Å². The number of ether oxygens (including phenoxy) is 1. The maximum absolute atomic E-state index is 13.8. The van der Waals surface area contributed by atoms with Gasteiger partial charge in [-0.2, -0.15) is 13.2 Å². The molecule has 0 spiro atoms. The Morgan fingerprint density at radius 3 is 2.29 bits per heavy atom. The lowest BCUT2D eigenvalue weighted by molar-refractivity contribution is -0.137. The molecule has 0 aliphatic heterocycles. The Balaban J connectivity index is 2.37. The Morgan fingerprint density at radius 2 is 1.75 bits per heavy atom. The number of nitrogens with two attached hydrogens (primary N) is 1. The van der Waals surface area contributed by atoms with Crippen molar-refractivity contribution in [2.24, 2.45) is 5.73 Å². The maximum Gasteiger partial charge on any atom is 0.416 e. The maximum atomic E-state index is 13.8. The molecular formula is C17H13F4NO2. The minimum atomic E-state index is -4.61. The van der Waals surface area contributed by atoms with Crippen molar-refractivity contribution < 1.29 is 27.1 Å². The molecular weight excluding hydrogens is 326 g/mol. The number of carbonyl (C=O) groups excluding carboxylic acids is 1. The summed E-state index contributed by atoms with van der Waals surface area (Å²) in [6.07, 6.45) is -1.89. The van der Waals surface area contributed by atoms with Gasteiger partial charge in [0.1, 0.15) is 11.6 Å². The fraction of sp³-hybridized carbons (Fsp3) is 0.118. The molecule has 0 fully saturated rings. The summed E-state index contributed by atoms with van der Waals surface area (Å²) in [7, 11) is 1.41. The molecule has 126 valence electrons. The van der Waals surface area contributed by atoms with Gasteiger partial charge in [0, 0.05) is 16.7 Å². The lowest BCUT2D eigenvalue weighted by Gasteiger charge is -2.08. The zero-order chi connectivity index (χ0) is 17.9. The van der Waals surface area contributed by atoms with Crippen molar-refractivity contribution in [1.82, 2.24) is 0 Å². The van der Waals surface area contributed by atoms with Crippen molar-refractivity contribution >= 4 is 18.1 Å². The highest BCUT2D eigenvalue weighted by atomic mass is 19.4. The van der Waals surface area contributed by atoms with E-state index in [2.05, 4.69) is 0 Å². The number of alkyl halides is 3. The first kappa shape index (κ1) is 17.5. The monoisotopic (exact) mass is 339 g/mol. The topological polar surface area (TPSA) is 52.3 Å². The molecule has 7 heteroatoms. The minimum Gasteiger partial charge on any atom is -0.496 e. The first-order chi connectivity index (χ1) is 11.2. The number of hydrogen-bond acceptors (Lipinski definition) is 2. The number of primary amides is 1. The van der Waals surface area contributed by atoms with Gasteiger partial charge in [0.15, 0.2) is 0 Å². The van der Waals surface area contributed by atoms with E-state index < -0.39 is 23.5 Å². The van der Waals surface area contributed by atoms with Gasteiger partial charge in [-0.1, -0.05) is 18.2 Å². The zero-order valence-corrected chi connectivity index (χ0v) is 12.5. The van der Waals surface area contributed by atoms with Crippen LogP contribution in [0.5, 0.6) is 5.75 Å². The van der Waals surface area contributed by atoms with E-state index in [1.807, 2.05) is 0 Å². The summed E-state index contributed by atoms with van der Waals surface area (Å²) in [6, 6.07) is 6.68. The van der Waals surface area contributed by atoms with Crippen LogP contribution >= 0.6 is 0 Å². The van der Waals surface area contributed by atoms with E-state index in [4.69, 9.17) is 10.5 Å². The predicted octanol–water partition coefficient (Wildman–Crippen LogP) is 4.12. The molecule has 1 amide bonds. The molecule has 2 aromatic carbocycles. The molecule has 0 saturated carbocycles. The van der Waals surface area contributed by atoms with Gasteiger partial charge in [0.05, 0.1) is 12.7 Å². The van der Waals surface area contributed by atoms with Gasteiger partial charge in [-0.15, -0.1) is 0 Å². The number of hydrogen-bond donors (Lipinski definition) is 1. The second kappa shape index (κ2) is 6.74. The van der Waals surface area contributed by atoms with Gasteiger partial charge in [-0.25, -0.2) is 4.39 Å². The van der Waals surface area contributed by atoms with Crippen molar-refractivity contribution in [3.8, 4) is 5.75 Å². The average Bonchev–Trinajstić information content (AvgIpc) is 2.52. The number of benzene rings is 2. The summed E-state index contributed by atoms with van der Waals surface area (Å²) >= 11 is 0. The molecule has 0 radical (unpaired) electrons. The molecule has 0 saturated heterocycles. The van der Waals surface area contributed by atoms with Crippen LogP contribution in [0.15, 0.2) is 36.4 Å². The second-order valence-electron chi connectivity index (χ2n) is 4.89. The van der Waals surface area contributed by atoms with Crippen LogP contribution in [0.4, 0.5) is 17.6 Å². The van der Waals surface area contributed by atoms with Gasteiger partial charge >= 0.3 is 6.18 Å². The molecule has 3 nitrogen and oxygen atoms in total. The Hall–Kier alpha value is -2.83. The zero-order valence-electron chi connectivity index (χ0n) is 12.5. The van der Waals surface area contributed by atoms with Crippen molar-refractivity contribution in [2.45, 2.75) is 6.18 Å². The summed E-state index contributed by atoms with van der Waals surface area (Å²) in [5, 5.41) is 0. The standard InChI is InChI=1S/C17H13F4NO2/c1-24-15-7-5-12(16(22)23)8-11(15)3-2-10-4-6-13(9-14(10)18)17(19,20)21/h2-9H,1H3,(H2,22,23)/b3-2+. The lowest BCUT2D eigenvalue weighted by Crippen LogP contribution is -2.10. The van der Waals surface area contributed by atoms with Gasteiger partial charge in [0.25, 0.3) is 0 Å². The summed E-state index contributed by atoms with van der Waals surface area (Å²) in [5.74, 6) is -1.25. The molecule has 0 aliphatic carbocycles. The largest absolute Gasteiger partial charge is 0.496 e. The van der Waals surface area contributed by atoms with E-state index in [0.717, 1.165) is 12.1 Å². The van der Waals surface area contributed by atoms with E-state index >= 15 is 0 Å². The number of amides is 1. The SMILES string of the molecule is COc1ccc(C(N)=O)cc1/C=C/c1ccc(C(F)(F)F)cc1F. The number of methoxy groups -OCH3 is 1. The van der Waals surface area contributed by atoms with Crippen molar-refractivity contribution in [3.63, 3.8) is 0 Å². The molecule has 0 aromatic heterocycles.